The van der Waals surface area contributed by atoms with Gasteiger partial charge in [-0.15, -0.1) is 0 Å². The van der Waals surface area contributed by atoms with Gasteiger partial charge in [-0.25, -0.2) is 0 Å². The van der Waals surface area contributed by atoms with Gasteiger partial charge in [0.25, 0.3) is 0 Å². The molecule has 4 heterocycles. The molecule has 0 N–H and O–H groups in total. The summed E-state index contributed by atoms with van der Waals surface area (Å²) in [5.41, 5.74) is 4.66. The summed E-state index contributed by atoms with van der Waals surface area (Å²) in [5.74, 6) is -1.76. The number of unbranched alkanes of at least 4 members (excludes halogenated alkanes) is 8. The zero-order valence-corrected chi connectivity index (χ0v) is 55.0. The fourth-order valence-electron chi connectivity index (χ4n) is 12.6. The summed E-state index contributed by atoms with van der Waals surface area (Å²) in [6, 6.07) is 49.5. The largest absolute Gasteiger partial charge is 0.469 e. The van der Waals surface area contributed by atoms with Gasteiger partial charge in [-0.3, -0.25) is 9.59 Å². The summed E-state index contributed by atoms with van der Waals surface area (Å²) < 4.78 is 103. The van der Waals surface area contributed by atoms with Crippen LogP contribution in [-0.4, -0.2) is 130 Å². The number of rotatable bonds is 37. The van der Waals surface area contributed by atoms with Crippen LogP contribution >= 0.6 is 0 Å². The third kappa shape index (κ3) is 21.5. The fraction of sp³-hybridized carbons (Fsp3) is 0.573. The van der Waals surface area contributed by atoms with Crippen molar-refractivity contribution >= 4 is 11.9 Å². The second-order valence-electron chi connectivity index (χ2n) is 25.2. The maximum absolute atomic E-state index is 13.7. The second-order valence-corrected chi connectivity index (χ2v) is 25.2. The van der Waals surface area contributed by atoms with Crippen LogP contribution in [0.5, 0.6) is 0 Å². The minimum atomic E-state index is -1.33. The van der Waals surface area contributed by atoms with E-state index in [2.05, 4.69) is 6.92 Å². The summed E-state index contributed by atoms with van der Waals surface area (Å²) in [7, 11) is 1.44. The molecule has 9 rings (SSSR count). The van der Waals surface area contributed by atoms with Crippen LogP contribution in [0.1, 0.15) is 153 Å². The Morgan fingerprint density at radius 2 is 0.902 bits per heavy atom. The Kier molecular flexibility index (Phi) is 28.5. The first-order chi connectivity index (χ1) is 44.8. The molecule has 0 amide bonds. The SMILES string of the molecule is CCCCC[C@@H](CCCCCCCCCC(=O)OC)O[C@@H]1O[C@H](C)[C@@H]2OC(C)(C)O[C@@H]2[C@H]1O[C@@H]1O[C@H](COCc2ccccc2)[C@@H](OCc2ccccc2)[C@H](OCc2ccccc2)[C@H]1O[C@@H]1O[C@H](C)[C@@H](OCc2ccccc2)[C@H](OCc2ccccc2)[C@H]1OC(C)=O. The van der Waals surface area contributed by atoms with Crippen LogP contribution < -0.4 is 0 Å². The van der Waals surface area contributed by atoms with Crippen molar-refractivity contribution in [3.8, 4) is 0 Å². The first-order valence-electron chi connectivity index (χ1n) is 33.6. The van der Waals surface area contributed by atoms with Crippen molar-refractivity contribution in [1.82, 2.24) is 0 Å². The fourth-order valence-corrected chi connectivity index (χ4v) is 12.6. The van der Waals surface area contributed by atoms with Crippen LogP contribution in [0.2, 0.25) is 0 Å². The Balaban J connectivity index is 1.10. The molecule has 5 aromatic rings. The van der Waals surface area contributed by atoms with Gasteiger partial charge in [0.1, 0.15) is 54.9 Å². The summed E-state index contributed by atoms with van der Waals surface area (Å²) >= 11 is 0. The molecule has 0 aliphatic carbocycles. The van der Waals surface area contributed by atoms with E-state index < -0.39 is 104 Å². The number of carbonyl (C=O) groups is 2. The van der Waals surface area contributed by atoms with Crippen LogP contribution in [0.25, 0.3) is 0 Å². The van der Waals surface area contributed by atoms with E-state index in [9.17, 15) is 9.59 Å². The lowest BCUT2D eigenvalue weighted by molar-refractivity contribution is -0.397. The van der Waals surface area contributed by atoms with E-state index in [-0.39, 0.29) is 51.7 Å². The summed E-state index contributed by atoms with van der Waals surface area (Å²) in [6.07, 6.45) is -1.76. The topological polar surface area (TPSA) is 173 Å². The molecule has 502 valence electrons. The van der Waals surface area contributed by atoms with Crippen molar-refractivity contribution in [1.29, 1.82) is 0 Å². The Morgan fingerprint density at radius 1 is 0.467 bits per heavy atom. The average molecular weight is 1270 g/mol. The second kappa shape index (κ2) is 37.0. The monoisotopic (exact) mass is 1270 g/mol. The molecule has 16 atom stereocenters. The van der Waals surface area contributed by atoms with Gasteiger partial charge in [0, 0.05) is 13.3 Å². The van der Waals surface area contributed by atoms with Crippen molar-refractivity contribution in [3.63, 3.8) is 0 Å². The van der Waals surface area contributed by atoms with E-state index >= 15 is 0 Å². The molecule has 0 spiro atoms. The van der Waals surface area contributed by atoms with E-state index in [4.69, 9.17) is 71.1 Å². The average Bonchev–Trinajstić information content (AvgIpc) is 1.34. The maximum atomic E-state index is 13.7. The van der Waals surface area contributed by atoms with Gasteiger partial charge >= 0.3 is 11.9 Å². The smallest absolute Gasteiger partial charge is 0.305 e. The molecule has 4 aliphatic rings. The van der Waals surface area contributed by atoms with Crippen LogP contribution in [0.4, 0.5) is 0 Å². The number of ether oxygens (including phenoxy) is 15. The molecule has 4 fully saturated rings. The zero-order valence-electron chi connectivity index (χ0n) is 55.0. The van der Waals surface area contributed by atoms with Gasteiger partial charge < -0.3 is 71.1 Å². The van der Waals surface area contributed by atoms with Gasteiger partial charge in [-0.1, -0.05) is 216 Å². The Bertz CT molecular complexity index is 2850. The van der Waals surface area contributed by atoms with Crippen LogP contribution in [0, 0.1) is 0 Å². The number of carbonyl (C=O) groups excluding carboxylic acids is 2. The molecular weight excluding hydrogens is 1170 g/mol. The van der Waals surface area contributed by atoms with Crippen LogP contribution in [0.3, 0.4) is 0 Å². The lowest BCUT2D eigenvalue weighted by Gasteiger charge is -2.51. The summed E-state index contributed by atoms with van der Waals surface area (Å²) in [5, 5.41) is 0. The lowest BCUT2D eigenvalue weighted by Crippen LogP contribution is -2.67. The number of fused-ring (bicyclic) bond motifs is 1. The molecular formula is C75H100O17. The normalized spacial score (nSPS) is 28.1. The van der Waals surface area contributed by atoms with E-state index in [1.54, 1.807) is 0 Å². The molecule has 0 unspecified atom stereocenters. The van der Waals surface area contributed by atoms with Gasteiger partial charge in [0.2, 0.25) is 0 Å². The molecule has 17 nitrogen and oxygen atoms in total. The predicted molar refractivity (Wildman–Crippen MR) is 345 cm³/mol. The predicted octanol–water partition coefficient (Wildman–Crippen LogP) is 13.6. The molecule has 4 aliphatic heterocycles. The van der Waals surface area contributed by atoms with Crippen molar-refractivity contribution < 1.29 is 80.6 Å². The van der Waals surface area contributed by atoms with E-state index in [0.717, 1.165) is 105 Å². The number of esters is 2. The molecule has 0 aromatic heterocycles. The zero-order chi connectivity index (χ0) is 64.5. The van der Waals surface area contributed by atoms with Crippen molar-refractivity contribution in [2.45, 2.75) is 262 Å². The Hall–Kier alpha value is -5.48. The number of methoxy groups -OCH3 is 1. The highest BCUT2D eigenvalue weighted by molar-refractivity contribution is 5.69. The number of benzene rings is 5. The van der Waals surface area contributed by atoms with E-state index in [0.29, 0.717) is 6.42 Å². The summed E-state index contributed by atoms with van der Waals surface area (Å²) in [4.78, 5) is 25.4. The maximum Gasteiger partial charge on any atom is 0.305 e. The quantitative estimate of drug-likeness (QED) is 0.0271. The lowest BCUT2D eigenvalue weighted by atomic mass is 9.95. The highest BCUT2D eigenvalue weighted by Crippen LogP contribution is 2.43. The number of hydrogen-bond acceptors (Lipinski definition) is 17. The number of hydrogen-bond donors (Lipinski definition) is 0. The minimum absolute atomic E-state index is 0.0544. The Morgan fingerprint density at radius 3 is 1.42 bits per heavy atom. The van der Waals surface area contributed by atoms with Crippen LogP contribution in [0.15, 0.2) is 152 Å². The molecule has 0 saturated carbocycles. The van der Waals surface area contributed by atoms with Gasteiger partial charge in [-0.05, 0) is 74.8 Å². The molecule has 92 heavy (non-hydrogen) atoms. The van der Waals surface area contributed by atoms with Crippen LogP contribution in [-0.2, 0) is 114 Å². The Labute approximate surface area is 545 Å². The molecule has 5 aromatic carbocycles. The molecule has 0 bridgehead atoms. The standard InChI is InChI=1S/C75H100O17/c1-8-9-20-43-60(44-31-13-11-10-12-14-32-45-62(77)78-7)87-72-71(68-64(53(3)85-72)91-75(5,6)92-68)90-74-70(89-73-69(86-54(4)76)66(82-49-58-39-27-18-28-40-58)63(52(2)84-73)80-47-56-35-23-16-24-36-56)67(83-50-59-41-29-19-30-42-59)65(81-48-57-37-25-17-26-38-57)61(88-74)51-79-46-55-33-21-15-22-34-55/h15-19,21-30,33-42,52-53,60-61,63-74H,8-14,20,31-32,43-51H2,1-7H3/t52-,53-,60+,61-,63-,64+,65-,66+,67+,68+,69-,70-,71-,72+,73+,74+/m1/s1. The van der Waals surface area contributed by atoms with E-state index in [1.807, 2.05) is 179 Å². The van der Waals surface area contributed by atoms with Gasteiger partial charge in [-0.2, -0.15) is 0 Å². The van der Waals surface area contributed by atoms with E-state index in [1.165, 1.54) is 14.0 Å². The summed E-state index contributed by atoms with van der Waals surface area (Å²) in [6.45, 7) is 12.3. The van der Waals surface area contributed by atoms with Gasteiger partial charge in [0.15, 0.2) is 30.8 Å². The third-order valence-corrected chi connectivity index (χ3v) is 17.4. The molecule has 0 radical (unpaired) electrons. The molecule has 17 heteroatoms. The van der Waals surface area contributed by atoms with Gasteiger partial charge in [0.05, 0.1) is 65.1 Å². The first kappa shape index (κ1) is 70.8. The van der Waals surface area contributed by atoms with Crippen molar-refractivity contribution in [2.24, 2.45) is 0 Å². The van der Waals surface area contributed by atoms with Crippen molar-refractivity contribution in [3.05, 3.63) is 179 Å². The molecule has 4 saturated heterocycles. The highest BCUT2D eigenvalue weighted by atomic mass is 16.8. The highest BCUT2D eigenvalue weighted by Gasteiger charge is 2.60. The van der Waals surface area contributed by atoms with Crippen molar-refractivity contribution in [2.75, 3.05) is 13.7 Å². The minimum Gasteiger partial charge on any atom is -0.469 e. The first-order valence-corrected chi connectivity index (χ1v) is 33.6. The third-order valence-electron chi connectivity index (χ3n) is 17.4.